The number of thiazole rings is 1. The van der Waals surface area contributed by atoms with Crippen LogP contribution in [-0.2, 0) is 11.3 Å². The molecule has 23 heavy (non-hydrogen) atoms. The molecule has 3 aromatic rings. The lowest BCUT2D eigenvalue weighted by molar-refractivity contribution is -0.120. The minimum Gasteiger partial charge on any atom is -0.351 e. The van der Waals surface area contributed by atoms with E-state index in [1.807, 2.05) is 55.5 Å². The summed E-state index contributed by atoms with van der Waals surface area (Å²) in [6.07, 6.45) is 0. The largest absolute Gasteiger partial charge is 0.351 e. The Balaban J connectivity index is 1.60. The standard InChI is InChI=1S/C17H15ClN2OS2/c1-11(16(21)19-10-12-5-3-2-4-6-12)22-17-20-14-9-13(18)7-8-15(14)23-17/h2-9,11H,10H2,1H3,(H,19,21)/t11-/m0/s1. The molecule has 0 saturated carbocycles. The first-order valence-electron chi connectivity index (χ1n) is 7.16. The summed E-state index contributed by atoms with van der Waals surface area (Å²) in [6, 6.07) is 15.5. The first-order valence-corrected chi connectivity index (χ1v) is 9.23. The van der Waals surface area contributed by atoms with Crippen LogP contribution in [0, 0.1) is 0 Å². The second-order valence-corrected chi connectivity index (χ2v) is 8.11. The molecular weight excluding hydrogens is 348 g/mol. The molecule has 0 aliphatic heterocycles. The number of thioether (sulfide) groups is 1. The highest BCUT2D eigenvalue weighted by molar-refractivity contribution is 8.02. The molecule has 0 unspecified atom stereocenters. The van der Waals surface area contributed by atoms with Crippen LogP contribution in [0.4, 0.5) is 0 Å². The topological polar surface area (TPSA) is 42.0 Å². The van der Waals surface area contributed by atoms with Gasteiger partial charge in [-0.25, -0.2) is 4.98 Å². The van der Waals surface area contributed by atoms with Crippen LogP contribution in [0.2, 0.25) is 5.02 Å². The van der Waals surface area contributed by atoms with Crippen molar-refractivity contribution in [3.8, 4) is 0 Å². The first kappa shape index (κ1) is 16.3. The van der Waals surface area contributed by atoms with E-state index in [2.05, 4.69) is 10.3 Å². The molecule has 1 N–H and O–H groups in total. The summed E-state index contributed by atoms with van der Waals surface area (Å²) >= 11 is 9.03. The highest BCUT2D eigenvalue weighted by Crippen LogP contribution is 2.33. The molecule has 2 aromatic carbocycles. The predicted molar refractivity (Wildman–Crippen MR) is 98.2 cm³/mol. The fourth-order valence-electron chi connectivity index (χ4n) is 2.06. The quantitative estimate of drug-likeness (QED) is 0.666. The Hall–Kier alpha value is -1.56. The van der Waals surface area contributed by atoms with E-state index in [9.17, 15) is 4.79 Å². The second kappa shape index (κ2) is 7.34. The molecule has 0 saturated heterocycles. The van der Waals surface area contributed by atoms with Crippen LogP contribution in [0.25, 0.3) is 10.2 Å². The lowest BCUT2D eigenvalue weighted by atomic mass is 10.2. The Morgan fingerprint density at radius 2 is 2.09 bits per heavy atom. The number of rotatable bonds is 5. The smallest absolute Gasteiger partial charge is 0.233 e. The van der Waals surface area contributed by atoms with Gasteiger partial charge in [0.25, 0.3) is 0 Å². The van der Waals surface area contributed by atoms with Crippen molar-refractivity contribution in [2.45, 2.75) is 23.1 Å². The van der Waals surface area contributed by atoms with Gasteiger partial charge in [0.15, 0.2) is 4.34 Å². The number of nitrogens with zero attached hydrogens (tertiary/aromatic N) is 1. The Morgan fingerprint density at radius 3 is 2.87 bits per heavy atom. The number of hydrogen-bond donors (Lipinski definition) is 1. The van der Waals surface area contributed by atoms with Gasteiger partial charge < -0.3 is 5.32 Å². The maximum Gasteiger partial charge on any atom is 0.233 e. The molecule has 3 nitrogen and oxygen atoms in total. The van der Waals surface area contributed by atoms with E-state index in [4.69, 9.17) is 11.6 Å². The van der Waals surface area contributed by atoms with Gasteiger partial charge in [-0.15, -0.1) is 11.3 Å². The Labute approximate surface area is 148 Å². The van der Waals surface area contributed by atoms with Crippen molar-refractivity contribution >= 4 is 50.8 Å². The molecule has 1 amide bonds. The van der Waals surface area contributed by atoms with Crippen LogP contribution in [0.3, 0.4) is 0 Å². The van der Waals surface area contributed by atoms with Crippen molar-refractivity contribution in [3.05, 3.63) is 59.1 Å². The van der Waals surface area contributed by atoms with Crippen molar-refractivity contribution in [1.82, 2.24) is 10.3 Å². The van der Waals surface area contributed by atoms with E-state index in [-0.39, 0.29) is 11.2 Å². The molecule has 1 atom stereocenters. The molecule has 0 bridgehead atoms. The number of fused-ring (bicyclic) bond motifs is 1. The van der Waals surface area contributed by atoms with E-state index in [0.29, 0.717) is 11.6 Å². The molecule has 0 aliphatic carbocycles. The van der Waals surface area contributed by atoms with Crippen LogP contribution in [-0.4, -0.2) is 16.1 Å². The summed E-state index contributed by atoms with van der Waals surface area (Å²) in [7, 11) is 0. The zero-order valence-corrected chi connectivity index (χ0v) is 14.8. The van der Waals surface area contributed by atoms with Gasteiger partial charge in [0.2, 0.25) is 5.91 Å². The number of nitrogens with one attached hydrogen (secondary N) is 1. The third-order valence-electron chi connectivity index (χ3n) is 3.29. The number of carbonyl (C=O) groups excluding carboxylic acids is 1. The molecule has 0 fully saturated rings. The van der Waals surface area contributed by atoms with E-state index in [1.165, 1.54) is 11.8 Å². The van der Waals surface area contributed by atoms with E-state index in [1.54, 1.807) is 11.3 Å². The lowest BCUT2D eigenvalue weighted by Gasteiger charge is -2.10. The SMILES string of the molecule is C[C@H](Sc1nc2cc(Cl)ccc2s1)C(=O)NCc1ccccc1. The third kappa shape index (κ3) is 4.25. The van der Waals surface area contributed by atoms with Crippen molar-refractivity contribution in [3.63, 3.8) is 0 Å². The summed E-state index contributed by atoms with van der Waals surface area (Å²) in [5.74, 6) is 0.0103. The molecule has 3 rings (SSSR count). The minimum absolute atomic E-state index is 0.0103. The lowest BCUT2D eigenvalue weighted by Crippen LogP contribution is -2.30. The molecule has 0 aliphatic rings. The monoisotopic (exact) mass is 362 g/mol. The summed E-state index contributed by atoms with van der Waals surface area (Å²) in [5, 5.41) is 3.43. The van der Waals surface area contributed by atoms with Gasteiger partial charge in [-0.05, 0) is 30.7 Å². The normalized spacial score (nSPS) is 12.3. The van der Waals surface area contributed by atoms with Gasteiger partial charge >= 0.3 is 0 Å². The van der Waals surface area contributed by atoms with Crippen LogP contribution < -0.4 is 5.32 Å². The maximum atomic E-state index is 12.2. The highest BCUT2D eigenvalue weighted by Gasteiger charge is 2.16. The van der Waals surface area contributed by atoms with Gasteiger partial charge in [-0.3, -0.25) is 4.79 Å². The van der Waals surface area contributed by atoms with Crippen LogP contribution in [0.15, 0.2) is 52.9 Å². The second-order valence-electron chi connectivity index (χ2n) is 5.06. The molecule has 6 heteroatoms. The maximum absolute atomic E-state index is 12.2. The van der Waals surface area contributed by atoms with Crippen molar-refractivity contribution in [1.29, 1.82) is 0 Å². The number of amides is 1. The molecule has 0 spiro atoms. The average Bonchev–Trinajstić information content (AvgIpc) is 2.94. The van der Waals surface area contributed by atoms with Crippen LogP contribution >= 0.6 is 34.7 Å². The van der Waals surface area contributed by atoms with Crippen LogP contribution in [0.5, 0.6) is 0 Å². The predicted octanol–water partition coefficient (Wildman–Crippen LogP) is 4.75. The van der Waals surface area contributed by atoms with E-state index >= 15 is 0 Å². The zero-order valence-electron chi connectivity index (χ0n) is 12.5. The highest BCUT2D eigenvalue weighted by atomic mass is 35.5. The Morgan fingerprint density at radius 1 is 1.30 bits per heavy atom. The first-order chi connectivity index (χ1) is 11.1. The zero-order chi connectivity index (χ0) is 16.2. The Bertz CT molecular complexity index is 820. The summed E-state index contributed by atoms with van der Waals surface area (Å²) in [5.41, 5.74) is 1.97. The molecule has 1 aromatic heterocycles. The van der Waals surface area contributed by atoms with Gasteiger partial charge in [0.05, 0.1) is 15.5 Å². The number of halogens is 1. The van der Waals surface area contributed by atoms with Gasteiger partial charge in [0.1, 0.15) is 0 Å². The summed E-state index contributed by atoms with van der Waals surface area (Å²) < 4.78 is 1.96. The van der Waals surface area contributed by atoms with E-state index in [0.717, 1.165) is 20.1 Å². The Kier molecular flexibility index (Phi) is 5.20. The van der Waals surface area contributed by atoms with Gasteiger partial charge in [-0.1, -0.05) is 53.7 Å². The number of benzene rings is 2. The summed E-state index contributed by atoms with van der Waals surface area (Å²) in [4.78, 5) is 16.7. The minimum atomic E-state index is -0.199. The number of hydrogen-bond acceptors (Lipinski definition) is 4. The molecular formula is C17H15ClN2OS2. The van der Waals surface area contributed by atoms with Gasteiger partial charge in [0, 0.05) is 11.6 Å². The average molecular weight is 363 g/mol. The fourth-order valence-corrected chi connectivity index (χ4v) is 4.45. The number of aromatic nitrogens is 1. The fraction of sp³-hybridized carbons (Fsp3) is 0.176. The van der Waals surface area contributed by atoms with Crippen molar-refractivity contribution in [2.24, 2.45) is 0 Å². The molecule has 118 valence electrons. The van der Waals surface area contributed by atoms with Gasteiger partial charge in [-0.2, -0.15) is 0 Å². The van der Waals surface area contributed by atoms with E-state index < -0.39 is 0 Å². The van der Waals surface area contributed by atoms with Crippen molar-refractivity contribution < 1.29 is 4.79 Å². The van der Waals surface area contributed by atoms with Crippen LogP contribution in [0.1, 0.15) is 12.5 Å². The van der Waals surface area contributed by atoms with Crippen molar-refractivity contribution in [2.75, 3.05) is 0 Å². The third-order valence-corrected chi connectivity index (χ3v) is 5.75. The molecule has 0 radical (unpaired) electrons. The molecule has 1 heterocycles. The number of carbonyl (C=O) groups is 1. The summed E-state index contributed by atoms with van der Waals surface area (Å²) in [6.45, 7) is 2.43.